The van der Waals surface area contributed by atoms with E-state index in [0.29, 0.717) is 23.7 Å². The van der Waals surface area contributed by atoms with E-state index in [0.717, 1.165) is 16.7 Å². The molecule has 7 heteroatoms. The summed E-state index contributed by atoms with van der Waals surface area (Å²) in [6, 6.07) is 3.85. The first-order valence-corrected chi connectivity index (χ1v) is 7.98. The number of hydrogen-bond acceptors (Lipinski definition) is 4. The van der Waals surface area contributed by atoms with Gasteiger partial charge >= 0.3 is 0 Å². The summed E-state index contributed by atoms with van der Waals surface area (Å²) in [5.74, 6) is -0.147. The smallest absolute Gasteiger partial charge is 0.270 e. The molecule has 0 saturated carbocycles. The maximum absolute atomic E-state index is 12.4. The fourth-order valence-electron chi connectivity index (χ4n) is 2.91. The molecule has 0 aliphatic carbocycles. The third-order valence-corrected chi connectivity index (χ3v) is 4.46. The number of nitriles is 1. The van der Waals surface area contributed by atoms with E-state index in [9.17, 15) is 4.79 Å². The van der Waals surface area contributed by atoms with E-state index in [1.54, 1.807) is 19.3 Å². The van der Waals surface area contributed by atoms with Crippen LogP contribution >= 0.6 is 11.6 Å². The standard InChI is InChI=1S/C17H18ClN5O/c1-22(7-3-5-19)17(24)14-8-11(9-21-14)15-12-4-6-20-16(12)23(2)10-13(15)18/h4,6,8-10,16,20-21H,3,7H2,1-2H3. The van der Waals surface area contributed by atoms with Gasteiger partial charge < -0.3 is 20.1 Å². The number of carbonyl (C=O) groups excluding carboxylic acids is 1. The molecule has 0 bridgehead atoms. The zero-order valence-corrected chi connectivity index (χ0v) is 14.3. The van der Waals surface area contributed by atoms with Gasteiger partial charge in [0.2, 0.25) is 0 Å². The van der Waals surface area contributed by atoms with E-state index in [4.69, 9.17) is 16.9 Å². The summed E-state index contributed by atoms with van der Waals surface area (Å²) in [7, 11) is 3.64. The zero-order chi connectivity index (χ0) is 17.3. The van der Waals surface area contributed by atoms with Crippen LogP contribution in [0.2, 0.25) is 0 Å². The highest BCUT2D eigenvalue weighted by Crippen LogP contribution is 2.37. The molecule has 0 saturated heterocycles. The second kappa shape index (κ2) is 6.46. The quantitative estimate of drug-likeness (QED) is 0.879. The van der Waals surface area contributed by atoms with Crippen molar-refractivity contribution in [3.63, 3.8) is 0 Å². The van der Waals surface area contributed by atoms with Crippen LogP contribution in [0.5, 0.6) is 0 Å². The summed E-state index contributed by atoms with van der Waals surface area (Å²) in [6.45, 7) is 0.401. The van der Waals surface area contributed by atoms with Gasteiger partial charge in [-0.25, -0.2) is 0 Å². The molecule has 3 rings (SSSR count). The molecule has 0 fully saturated rings. The van der Waals surface area contributed by atoms with Crippen LogP contribution in [0.3, 0.4) is 0 Å². The Hall–Kier alpha value is -2.65. The van der Waals surface area contributed by atoms with Gasteiger partial charge in [0.15, 0.2) is 0 Å². The number of halogens is 1. The van der Waals surface area contributed by atoms with Gasteiger partial charge in [-0.2, -0.15) is 5.26 Å². The topological polar surface area (TPSA) is 75.2 Å². The third kappa shape index (κ3) is 2.79. The molecule has 0 spiro atoms. The number of nitrogens with zero attached hydrogens (tertiary/aromatic N) is 3. The highest BCUT2D eigenvalue weighted by atomic mass is 35.5. The fraction of sp³-hybridized carbons (Fsp3) is 0.294. The molecule has 1 atom stereocenters. The number of aromatic amines is 1. The van der Waals surface area contributed by atoms with Gasteiger partial charge in [-0.1, -0.05) is 11.6 Å². The van der Waals surface area contributed by atoms with E-state index in [1.165, 1.54) is 4.90 Å². The lowest BCUT2D eigenvalue weighted by Gasteiger charge is -2.30. The Morgan fingerprint density at radius 2 is 2.33 bits per heavy atom. The largest absolute Gasteiger partial charge is 0.368 e. The molecule has 6 nitrogen and oxygen atoms in total. The maximum atomic E-state index is 12.4. The maximum Gasteiger partial charge on any atom is 0.270 e. The molecule has 0 aromatic carbocycles. The second-order valence-electron chi connectivity index (χ2n) is 5.81. The minimum absolute atomic E-state index is 0.0508. The van der Waals surface area contributed by atoms with Crippen molar-refractivity contribution >= 4 is 23.1 Å². The summed E-state index contributed by atoms with van der Waals surface area (Å²) < 4.78 is 0. The number of nitrogens with one attached hydrogen (secondary N) is 2. The average Bonchev–Trinajstić information content (AvgIpc) is 3.21. The first-order chi connectivity index (χ1) is 11.5. The number of fused-ring (bicyclic) bond motifs is 1. The van der Waals surface area contributed by atoms with E-state index in [1.807, 2.05) is 36.5 Å². The number of carbonyl (C=O) groups is 1. The van der Waals surface area contributed by atoms with Crippen LogP contribution < -0.4 is 5.32 Å². The molecule has 24 heavy (non-hydrogen) atoms. The number of hydrogen-bond donors (Lipinski definition) is 2. The summed E-state index contributed by atoms with van der Waals surface area (Å²) in [6.07, 6.45) is 7.92. The Labute approximate surface area is 145 Å². The molecule has 1 aromatic heterocycles. The molecule has 2 aliphatic heterocycles. The number of rotatable bonds is 4. The van der Waals surface area contributed by atoms with E-state index in [-0.39, 0.29) is 12.1 Å². The Balaban J connectivity index is 1.89. The molecule has 1 unspecified atom stereocenters. The molecule has 124 valence electrons. The van der Waals surface area contributed by atoms with E-state index in [2.05, 4.69) is 10.3 Å². The predicted molar refractivity (Wildman–Crippen MR) is 92.7 cm³/mol. The second-order valence-corrected chi connectivity index (χ2v) is 6.22. The molecule has 0 radical (unpaired) electrons. The summed E-state index contributed by atoms with van der Waals surface area (Å²) in [5.41, 5.74) is 3.33. The number of amides is 1. The minimum Gasteiger partial charge on any atom is -0.368 e. The van der Waals surface area contributed by atoms with Gasteiger partial charge in [0.25, 0.3) is 5.91 Å². The minimum atomic E-state index is -0.147. The highest BCUT2D eigenvalue weighted by Gasteiger charge is 2.29. The van der Waals surface area contributed by atoms with Crippen molar-refractivity contribution < 1.29 is 4.79 Å². The van der Waals surface area contributed by atoms with Crippen molar-refractivity contribution in [1.82, 2.24) is 20.1 Å². The van der Waals surface area contributed by atoms with E-state index >= 15 is 0 Å². The Morgan fingerprint density at radius 1 is 1.54 bits per heavy atom. The van der Waals surface area contributed by atoms with Crippen molar-refractivity contribution in [2.24, 2.45) is 0 Å². The number of H-pyrrole nitrogens is 1. The van der Waals surface area contributed by atoms with Crippen LogP contribution in [-0.4, -0.2) is 47.5 Å². The van der Waals surface area contributed by atoms with Crippen LogP contribution in [0.25, 0.3) is 5.57 Å². The number of aromatic nitrogens is 1. The first-order valence-electron chi connectivity index (χ1n) is 7.60. The normalized spacial score (nSPS) is 18.8. The van der Waals surface area contributed by atoms with Crippen molar-refractivity contribution in [2.45, 2.75) is 12.6 Å². The van der Waals surface area contributed by atoms with Gasteiger partial charge in [0.1, 0.15) is 11.9 Å². The molecule has 2 N–H and O–H groups in total. The molecule has 3 heterocycles. The van der Waals surface area contributed by atoms with Gasteiger partial charge in [0, 0.05) is 49.7 Å². The van der Waals surface area contributed by atoms with Crippen LogP contribution in [0.1, 0.15) is 22.5 Å². The summed E-state index contributed by atoms with van der Waals surface area (Å²) in [4.78, 5) is 19.0. The van der Waals surface area contributed by atoms with Crippen LogP contribution in [0, 0.1) is 11.3 Å². The predicted octanol–water partition coefficient (Wildman–Crippen LogP) is 2.22. The Kier molecular flexibility index (Phi) is 4.36. The van der Waals surface area contributed by atoms with Crippen LogP contribution in [0.15, 0.2) is 41.3 Å². The molecule has 1 aromatic rings. The lowest BCUT2D eigenvalue weighted by atomic mass is 9.97. The van der Waals surface area contributed by atoms with Crippen molar-refractivity contribution in [3.05, 3.63) is 52.6 Å². The monoisotopic (exact) mass is 343 g/mol. The van der Waals surface area contributed by atoms with Gasteiger partial charge in [-0.3, -0.25) is 4.79 Å². The lowest BCUT2D eigenvalue weighted by molar-refractivity contribution is 0.0793. The number of allylic oxidation sites excluding steroid dienone is 2. The van der Waals surface area contributed by atoms with E-state index < -0.39 is 0 Å². The van der Waals surface area contributed by atoms with Crippen LogP contribution in [-0.2, 0) is 0 Å². The van der Waals surface area contributed by atoms with Gasteiger partial charge in [0.05, 0.1) is 17.5 Å². The Bertz CT molecular complexity index is 798. The van der Waals surface area contributed by atoms with Crippen molar-refractivity contribution in [3.8, 4) is 6.07 Å². The molecule has 1 amide bonds. The molecule has 2 aliphatic rings. The number of likely N-dealkylation sites (N-methyl/N-ethyl adjacent to an activating group) is 1. The molecular weight excluding hydrogens is 326 g/mol. The summed E-state index contributed by atoms with van der Waals surface area (Å²) in [5, 5.41) is 12.5. The first kappa shape index (κ1) is 16.2. The lowest BCUT2D eigenvalue weighted by Crippen LogP contribution is -2.38. The van der Waals surface area contributed by atoms with Crippen molar-refractivity contribution in [1.29, 1.82) is 5.26 Å². The third-order valence-electron chi connectivity index (χ3n) is 4.17. The average molecular weight is 344 g/mol. The summed E-state index contributed by atoms with van der Waals surface area (Å²) >= 11 is 6.45. The SMILES string of the molecule is CN(CCC#N)C(=O)c1cc(C2=C3C=CNC3N(C)C=C2Cl)c[nH]1. The van der Waals surface area contributed by atoms with Gasteiger partial charge in [-0.05, 0) is 18.3 Å². The van der Waals surface area contributed by atoms with Gasteiger partial charge in [-0.15, -0.1) is 0 Å². The van der Waals surface area contributed by atoms with Crippen molar-refractivity contribution in [2.75, 3.05) is 20.6 Å². The fourth-order valence-corrected chi connectivity index (χ4v) is 3.29. The van der Waals surface area contributed by atoms with Crippen LogP contribution in [0.4, 0.5) is 0 Å². The highest BCUT2D eigenvalue weighted by molar-refractivity contribution is 6.37. The molecular formula is C17H18ClN5O. The zero-order valence-electron chi connectivity index (χ0n) is 13.5. The Morgan fingerprint density at radius 3 is 3.08 bits per heavy atom.